The minimum atomic E-state index is -0.936. The van der Waals surface area contributed by atoms with Crippen molar-refractivity contribution in [2.24, 2.45) is 0 Å². The molecule has 0 aliphatic rings. The first-order chi connectivity index (χ1) is 7.27. The van der Waals surface area contributed by atoms with Gasteiger partial charge in [-0.2, -0.15) is 0 Å². The Morgan fingerprint density at radius 3 is 2.80 bits per heavy atom. The normalized spacial score (nSPS) is 12.4. The number of rotatable bonds is 2. The van der Waals surface area contributed by atoms with Gasteiger partial charge in [-0.05, 0) is 18.2 Å². The van der Waals surface area contributed by atoms with Gasteiger partial charge in [0.15, 0.2) is 0 Å². The van der Waals surface area contributed by atoms with Crippen LogP contribution in [0.5, 0.6) is 0 Å². The lowest BCUT2D eigenvalue weighted by Gasteiger charge is -2.09. The minimum absolute atomic E-state index is 0.397. The van der Waals surface area contributed by atoms with Crippen LogP contribution >= 0.6 is 0 Å². The predicted octanol–water partition coefficient (Wildman–Crippen LogP) is 1.70. The Labute approximate surface area is 86.3 Å². The molecule has 15 heavy (non-hydrogen) atoms. The molecule has 0 amide bonds. The summed E-state index contributed by atoms with van der Waals surface area (Å²) in [4.78, 5) is 7.65. The zero-order valence-electron chi connectivity index (χ0n) is 7.84. The van der Waals surface area contributed by atoms with Crippen LogP contribution in [-0.2, 0) is 0 Å². The number of aliphatic hydroxyl groups excluding tert-OH is 1. The Morgan fingerprint density at radius 1 is 1.27 bits per heavy atom. The van der Waals surface area contributed by atoms with E-state index < -0.39 is 11.9 Å². The summed E-state index contributed by atoms with van der Waals surface area (Å²) in [6, 6.07) is 6.43. The maximum absolute atomic E-state index is 12.8. The number of hydrogen-bond acceptors (Lipinski definition) is 3. The van der Waals surface area contributed by atoms with E-state index in [1.807, 2.05) is 0 Å². The molecule has 76 valence electrons. The fraction of sp³-hybridized carbons (Fsp3) is 0.0909. The zero-order chi connectivity index (χ0) is 10.7. The molecule has 0 aromatic carbocycles. The second-order valence-electron chi connectivity index (χ2n) is 3.09. The third-order valence-corrected chi connectivity index (χ3v) is 2.01. The van der Waals surface area contributed by atoms with Gasteiger partial charge >= 0.3 is 0 Å². The molecule has 1 N–H and O–H groups in total. The molecule has 1 unspecified atom stereocenters. The second kappa shape index (κ2) is 4.14. The van der Waals surface area contributed by atoms with Crippen molar-refractivity contribution in [1.82, 2.24) is 9.97 Å². The molecular formula is C11H9FN2O. The maximum atomic E-state index is 12.8. The maximum Gasteiger partial charge on any atom is 0.141 e. The Kier molecular flexibility index (Phi) is 2.69. The molecule has 1 atom stereocenters. The first kappa shape index (κ1) is 9.73. The van der Waals surface area contributed by atoms with Crippen LogP contribution in [0.2, 0.25) is 0 Å². The molecule has 0 radical (unpaired) electrons. The number of nitrogens with zero attached hydrogens (tertiary/aromatic N) is 2. The summed E-state index contributed by atoms with van der Waals surface area (Å²) in [5, 5.41) is 9.85. The monoisotopic (exact) mass is 204 g/mol. The van der Waals surface area contributed by atoms with E-state index >= 15 is 0 Å². The van der Waals surface area contributed by atoms with E-state index in [0.717, 1.165) is 6.20 Å². The van der Waals surface area contributed by atoms with Crippen molar-refractivity contribution in [3.8, 4) is 0 Å². The van der Waals surface area contributed by atoms with Gasteiger partial charge in [-0.15, -0.1) is 0 Å². The lowest BCUT2D eigenvalue weighted by molar-refractivity contribution is 0.214. The van der Waals surface area contributed by atoms with E-state index in [1.54, 1.807) is 24.4 Å². The summed E-state index contributed by atoms with van der Waals surface area (Å²) in [6.45, 7) is 0. The molecular weight excluding hydrogens is 195 g/mol. The molecule has 2 aromatic rings. The number of hydrogen-bond donors (Lipinski definition) is 1. The Balaban J connectivity index is 2.32. The summed E-state index contributed by atoms with van der Waals surface area (Å²) < 4.78 is 12.8. The van der Waals surface area contributed by atoms with Gasteiger partial charge in [0.1, 0.15) is 11.9 Å². The van der Waals surface area contributed by atoms with Gasteiger partial charge in [-0.3, -0.25) is 9.97 Å². The average molecular weight is 204 g/mol. The third kappa shape index (κ3) is 2.16. The molecule has 4 heteroatoms. The van der Waals surface area contributed by atoms with Crippen molar-refractivity contribution in [3.05, 3.63) is 59.9 Å². The van der Waals surface area contributed by atoms with Crippen molar-refractivity contribution in [3.63, 3.8) is 0 Å². The van der Waals surface area contributed by atoms with E-state index in [-0.39, 0.29) is 0 Å². The summed E-state index contributed by atoms with van der Waals surface area (Å²) in [5.74, 6) is -0.470. The van der Waals surface area contributed by atoms with Gasteiger partial charge in [0, 0.05) is 18.0 Å². The molecule has 2 rings (SSSR count). The summed E-state index contributed by atoms with van der Waals surface area (Å²) >= 11 is 0. The number of pyridine rings is 2. The Hall–Kier alpha value is -1.81. The molecule has 0 saturated carbocycles. The lowest BCUT2D eigenvalue weighted by Crippen LogP contribution is -2.02. The molecule has 0 aliphatic heterocycles. The van der Waals surface area contributed by atoms with Crippen LogP contribution in [0, 0.1) is 5.82 Å². The van der Waals surface area contributed by atoms with E-state index in [0.29, 0.717) is 11.3 Å². The highest BCUT2D eigenvalue weighted by molar-refractivity contribution is 5.22. The van der Waals surface area contributed by atoms with E-state index in [9.17, 15) is 9.50 Å². The summed E-state index contributed by atoms with van der Waals surface area (Å²) in [7, 11) is 0. The first-order valence-corrected chi connectivity index (χ1v) is 4.47. The van der Waals surface area contributed by atoms with Crippen molar-refractivity contribution in [2.45, 2.75) is 6.10 Å². The lowest BCUT2D eigenvalue weighted by atomic mass is 10.1. The third-order valence-electron chi connectivity index (χ3n) is 2.01. The molecule has 0 fully saturated rings. The standard InChI is InChI=1S/C11H9FN2O/c12-9-5-8(6-13-7-9)11(15)10-3-1-2-4-14-10/h1-7,11,15H. The fourth-order valence-electron chi connectivity index (χ4n) is 1.29. The minimum Gasteiger partial charge on any atom is -0.382 e. The van der Waals surface area contributed by atoms with Gasteiger partial charge in [0.2, 0.25) is 0 Å². The van der Waals surface area contributed by atoms with Crippen LogP contribution in [0.3, 0.4) is 0 Å². The van der Waals surface area contributed by atoms with E-state index in [1.165, 1.54) is 12.3 Å². The van der Waals surface area contributed by atoms with Crippen LogP contribution in [-0.4, -0.2) is 15.1 Å². The quantitative estimate of drug-likeness (QED) is 0.809. The van der Waals surface area contributed by atoms with Gasteiger partial charge in [0.25, 0.3) is 0 Å². The predicted molar refractivity (Wildman–Crippen MR) is 52.5 cm³/mol. The van der Waals surface area contributed by atoms with E-state index in [4.69, 9.17) is 0 Å². The molecule has 0 spiro atoms. The van der Waals surface area contributed by atoms with Crippen molar-refractivity contribution in [2.75, 3.05) is 0 Å². The SMILES string of the molecule is OC(c1cncc(F)c1)c1ccccn1. The van der Waals surface area contributed by atoms with E-state index in [2.05, 4.69) is 9.97 Å². The van der Waals surface area contributed by atoms with Crippen molar-refractivity contribution < 1.29 is 9.50 Å². The second-order valence-corrected chi connectivity index (χ2v) is 3.09. The zero-order valence-corrected chi connectivity index (χ0v) is 7.84. The molecule has 0 aliphatic carbocycles. The molecule has 2 heterocycles. The fourth-order valence-corrected chi connectivity index (χ4v) is 1.29. The van der Waals surface area contributed by atoms with Gasteiger partial charge in [-0.25, -0.2) is 4.39 Å². The number of aliphatic hydroxyl groups is 1. The number of halogens is 1. The highest BCUT2D eigenvalue weighted by atomic mass is 19.1. The summed E-state index contributed by atoms with van der Waals surface area (Å²) in [5.41, 5.74) is 0.874. The van der Waals surface area contributed by atoms with Crippen LogP contribution in [0.1, 0.15) is 17.4 Å². The molecule has 2 aromatic heterocycles. The average Bonchev–Trinajstić information content (AvgIpc) is 2.29. The Bertz CT molecular complexity index is 447. The van der Waals surface area contributed by atoms with Crippen LogP contribution in [0.25, 0.3) is 0 Å². The van der Waals surface area contributed by atoms with Crippen LogP contribution < -0.4 is 0 Å². The first-order valence-electron chi connectivity index (χ1n) is 4.47. The van der Waals surface area contributed by atoms with Gasteiger partial charge in [-0.1, -0.05) is 6.07 Å². The summed E-state index contributed by atoms with van der Waals surface area (Å²) in [6.07, 6.45) is 3.15. The number of aromatic nitrogens is 2. The topological polar surface area (TPSA) is 46.0 Å². The highest BCUT2D eigenvalue weighted by Gasteiger charge is 2.11. The van der Waals surface area contributed by atoms with Crippen molar-refractivity contribution in [1.29, 1.82) is 0 Å². The van der Waals surface area contributed by atoms with Crippen molar-refractivity contribution >= 4 is 0 Å². The van der Waals surface area contributed by atoms with Gasteiger partial charge < -0.3 is 5.11 Å². The molecule has 3 nitrogen and oxygen atoms in total. The van der Waals surface area contributed by atoms with Gasteiger partial charge in [0.05, 0.1) is 11.9 Å². The smallest absolute Gasteiger partial charge is 0.141 e. The largest absolute Gasteiger partial charge is 0.382 e. The Morgan fingerprint density at radius 2 is 2.13 bits per heavy atom. The molecule has 0 bridgehead atoms. The van der Waals surface area contributed by atoms with Crippen LogP contribution in [0.4, 0.5) is 4.39 Å². The highest BCUT2D eigenvalue weighted by Crippen LogP contribution is 2.19. The molecule has 0 saturated heterocycles. The van der Waals surface area contributed by atoms with Crippen LogP contribution in [0.15, 0.2) is 42.9 Å².